The minimum Gasteiger partial charge on any atom is -0.352 e. The van der Waals surface area contributed by atoms with Crippen molar-refractivity contribution in [1.29, 1.82) is 0 Å². The SMILES string of the molecule is O=C1CCC[C@@H]2[C@@H](CCN2Cc2ccccc2)N1. The van der Waals surface area contributed by atoms with Crippen LogP contribution in [0.4, 0.5) is 0 Å². The van der Waals surface area contributed by atoms with Gasteiger partial charge in [-0.15, -0.1) is 0 Å². The Balaban J connectivity index is 1.69. The van der Waals surface area contributed by atoms with Gasteiger partial charge in [0.25, 0.3) is 0 Å². The molecule has 1 aromatic carbocycles. The molecule has 2 atom stereocenters. The van der Waals surface area contributed by atoms with Gasteiger partial charge in [0, 0.05) is 31.6 Å². The Kier molecular flexibility index (Phi) is 3.33. The van der Waals surface area contributed by atoms with Gasteiger partial charge in [0.05, 0.1) is 0 Å². The number of rotatable bonds is 2. The molecule has 3 nitrogen and oxygen atoms in total. The Hall–Kier alpha value is -1.35. The third-order valence-corrected chi connectivity index (χ3v) is 4.14. The van der Waals surface area contributed by atoms with Crippen molar-refractivity contribution in [3.63, 3.8) is 0 Å². The van der Waals surface area contributed by atoms with E-state index < -0.39 is 0 Å². The second kappa shape index (κ2) is 5.11. The molecule has 0 unspecified atom stereocenters. The molecular formula is C15H20N2O. The zero-order valence-electron chi connectivity index (χ0n) is 10.6. The van der Waals surface area contributed by atoms with Crippen LogP contribution < -0.4 is 5.32 Å². The molecule has 2 saturated heterocycles. The predicted molar refractivity (Wildman–Crippen MR) is 71.0 cm³/mol. The number of hydrogen-bond acceptors (Lipinski definition) is 2. The summed E-state index contributed by atoms with van der Waals surface area (Å²) in [5.74, 6) is 0.240. The molecule has 1 N–H and O–H groups in total. The Bertz CT molecular complexity index is 418. The molecule has 2 aliphatic heterocycles. The average Bonchev–Trinajstić information content (AvgIpc) is 2.64. The molecule has 0 bridgehead atoms. The zero-order chi connectivity index (χ0) is 12.4. The first-order valence-corrected chi connectivity index (χ1v) is 6.90. The highest BCUT2D eigenvalue weighted by atomic mass is 16.1. The lowest BCUT2D eigenvalue weighted by Crippen LogP contribution is -2.42. The maximum absolute atomic E-state index is 11.6. The highest BCUT2D eigenvalue weighted by Gasteiger charge is 2.36. The lowest BCUT2D eigenvalue weighted by atomic mass is 10.0. The van der Waals surface area contributed by atoms with Crippen molar-refractivity contribution in [2.45, 2.75) is 44.3 Å². The number of nitrogens with zero attached hydrogens (tertiary/aromatic N) is 1. The summed E-state index contributed by atoms with van der Waals surface area (Å²) < 4.78 is 0. The minimum absolute atomic E-state index is 0.240. The van der Waals surface area contributed by atoms with Crippen LogP contribution in [0.5, 0.6) is 0 Å². The Morgan fingerprint density at radius 1 is 1.22 bits per heavy atom. The summed E-state index contributed by atoms with van der Waals surface area (Å²) in [6.07, 6.45) is 3.98. The molecule has 3 rings (SSSR count). The maximum Gasteiger partial charge on any atom is 0.220 e. The first-order chi connectivity index (χ1) is 8.83. The fourth-order valence-corrected chi connectivity index (χ4v) is 3.23. The van der Waals surface area contributed by atoms with Crippen LogP contribution in [-0.4, -0.2) is 29.4 Å². The topological polar surface area (TPSA) is 32.3 Å². The van der Waals surface area contributed by atoms with E-state index in [0.29, 0.717) is 18.5 Å². The number of carbonyl (C=O) groups excluding carboxylic acids is 1. The third-order valence-electron chi connectivity index (χ3n) is 4.14. The van der Waals surface area contributed by atoms with Crippen molar-refractivity contribution >= 4 is 5.91 Å². The van der Waals surface area contributed by atoms with Gasteiger partial charge in [-0.1, -0.05) is 30.3 Å². The molecule has 3 heteroatoms. The lowest BCUT2D eigenvalue weighted by Gasteiger charge is -2.26. The van der Waals surface area contributed by atoms with Crippen molar-refractivity contribution < 1.29 is 4.79 Å². The normalized spacial score (nSPS) is 28.6. The second-order valence-electron chi connectivity index (χ2n) is 5.38. The number of benzene rings is 1. The number of nitrogens with one attached hydrogen (secondary N) is 1. The molecule has 1 amide bonds. The molecule has 0 aliphatic carbocycles. The van der Waals surface area contributed by atoms with Crippen LogP contribution in [0.1, 0.15) is 31.2 Å². The zero-order valence-corrected chi connectivity index (χ0v) is 10.6. The van der Waals surface area contributed by atoms with E-state index in [1.54, 1.807) is 0 Å². The third kappa shape index (κ3) is 2.41. The van der Waals surface area contributed by atoms with Crippen molar-refractivity contribution in [3.8, 4) is 0 Å². The number of carbonyl (C=O) groups is 1. The molecule has 2 heterocycles. The van der Waals surface area contributed by atoms with Crippen molar-refractivity contribution in [2.75, 3.05) is 6.54 Å². The van der Waals surface area contributed by atoms with E-state index in [4.69, 9.17) is 0 Å². The molecule has 18 heavy (non-hydrogen) atoms. The van der Waals surface area contributed by atoms with Crippen LogP contribution >= 0.6 is 0 Å². The van der Waals surface area contributed by atoms with E-state index in [2.05, 4.69) is 40.5 Å². The summed E-state index contributed by atoms with van der Waals surface area (Å²) >= 11 is 0. The summed E-state index contributed by atoms with van der Waals surface area (Å²) in [7, 11) is 0. The van der Waals surface area contributed by atoms with Crippen molar-refractivity contribution in [3.05, 3.63) is 35.9 Å². The molecule has 0 saturated carbocycles. The van der Waals surface area contributed by atoms with Crippen LogP contribution in [-0.2, 0) is 11.3 Å². The summed E-state index contributed by atoms with van der Waals surface area (Å²) in [4.78, 5) is 14.1. The number of amides is 1. The number of hydrogen-bond donors (Lipinski definition) is 1. The Labute approximate surface area is 108 Å². The fraction of sp³-hybridized carbons (Fsp3) is 0.533. The molecular weight excluding hydrogens is 224 g/mol. The average molecular weight is 244 g/mol. The van der Waals surface area contributed by atoms with E-state index in [-0.39, 0.29) is 5.91 Å². The van der Waals surface area contributed by atoms with Gasteiger partial charge in [0.15, 0.2) is 0 Å². The molecule has 0 radical (unpaired) electrons. The van der Waals surface area contributed by atoms with Gasteiger partial charge in [-0.2, -0.15) is 0 Å². The van der Waals surface area contributed by atoms with Crippen LogP contribution in [0.3, 0.4) is 0 Å². The van der Waals surface area contributed by atoms with Gasteiger partial charge in [0.1, 0.15) is 0 Å². The Morgan fingerprint density at radius 3 is 2.89 bits per heavy atom. The van der Waals surface area contributed by atoms with E-state index in [0.717, 1.165) is 32.4 Å². The monoisotopic (exact) mass is 244 g/mol. The molecule has 2 aliphatic rings. The van der Waals surface area contributed by atoms with E-state index >= 15 is 0 Å². The van der Waals surface area contributed by atoms with E-state index in [1.165, 1.54) is 5.56 Å². The van der Waals surface area contributed by atoms with Crippen LogP contribution in [0.25, 0.3) is 0 Å². The first-order valence-electron chi connectivity index (χ1n) is 6.90. The molecule has 0 aromatic heterocycles. The minimum atomic E-state index is 0.240. The van der Waals surface area contributed by atoms with Gasteiger partial charge in [0.2, 0.25) is 5.91 Å². The fourth-order valence-electron chi connectivity index (χ4n) is 3.23. The first kappa shape index (κ1) is 11.7. The second-order valence-corrected chi connectivity index (χ2v) is 5.38. The van der Waals surface area contributed by atoms with Crippen LogP contribution in [0.15, 0.2) is 30.3 Å². The van der Waals surface area contributed by atoms with Gasteiger partial charge in [-0.05, 0) is 24.8 Å². The van der Waals surface area contributed by atoms with Crippen LogP contribution in [0.2, 0.25) is 0 Å². The van der Waals surface area contributed by atoms with Gasteiger partial charge in [-0.3, -0.25) is 9.69 Å². The van der Waals surface area contributed by atoms with Gasteiger partial charge < -0.3 is 5.32 Å². The largest absolute Gasteiger partial charge is 0.352 e. The van der Waals surface area contributed by atoms with Gasteiger partial charge >= 0.3 is 0 Å². The van der Waals surface area contributed by atoms with Crippen LogP contribution in [0, 0.1) is 0 Å². The number of fused-ring (bicyclic) bond motifs is 1. The van der Waals surface area contributed by atoms with Crippen molar-refractivity contribution in [2.24, 2.45) is 0 Å². The van der Waals surface area contributed by atoms with Crippen molar-refractivity contribution in [1.82, 2.24) is 10.2 Å². The summed E-state index contributed by atoms with van der Waals surface area (Å²) in [5.41, 5.74) is 1.37. The highest BCUT2D eigenvalue weighted by Crippen LogP contribution is 2.26. The quantitative estimate of drug-likeness (QED) is 0.862. The highest BCUT2D eigenvalue weighted by molar-refractivity contribution is 5.76. The van der Waals surface area contributed by atoms with Gasteiger partial charge in [-0.25, -0.2) is 0 Å². The standard InChI is InChI=1S/C15H20N2O/c18-15-8-4-7-14-13(16-15)9-10-17(14)11-12-5-2-1-3-6-12/h1-3,5-6,13-14H,4,7-11H2,(H,16,18)/t13-,14-/m1/s1. The molecule has 96 valence electrons. The van der Waals surface area contributed by atoms with E-state index in [9.17, 15) is 4.79 Å². The number of likely N-dealkylation sites (tertiary alicyclic amines) is 1. The Morgan fingerprint density at radius 2 is 2.06 bits per heavy atom. The summed E-state index contributed by atoms with van der Waals surface area (Å²) in [6, 6.07) is 11.5. The van der Waals surface area contributed by atoms with E-state index in [1.807, 2.05) is 0 Å². The lowest BCUT2D eigenvalue weighted by molar-refractivity contribution is -0.121. The summed E-state index contributed by atoms with van der Waals surface area (Å²) in [6.45, 7) is 2.11. The maximum atomic E-state index is 11.6. The smallest absolute Gasteiger partial charge is 0.220 e. The summed E-state index contributed by atoms with van der Waals surface area (Å²) in [5, 5.41) is 3.18. The molecule has 0 spiro atoms. The molecule has 1 aromatic rings. The predicted octanol–water partition coefficient (Wildman–Crippen LogP) is 1.93. The molecule has 2 fully saturated rings.